The summed E-state index contributed by atoms with van der Waals surface area (Å²) in [6, 6.07) is 11.4. The van der Waals surface area contributed by atoms with Gasteiger partial charge >= 0.3 is 0 Å². The maximum atomic E-state index is 13.5. The van der Waals surface area contributed by atoms with Crippen LogP contribution in [0.25, 0.3) is 4.85 Å². The number of pyridine rings is 1. The van der Waals surface area contributed by atoms with Gasteiger partial charge in [0, 0.05) is 18.3 Å². The van der Waals surface area contributed by atoms with E-state index in [1.807, 2.05) is 13.0 Å². The molecule has 0 aliphatic carbocycles. The Bertz CT molecular complexity index is 933. The Hall–Kier alpha value is -3.60. The monoisotopic (exact) mass is 352 g/mol. The predicted molar refractivity (Wildman–Crippen MR) is 97.5 cm³/mol. The molecule has 0 aliphatic rings. The number of nitrogens with zero attached hydrogens (tertiary/aromatic N) is 3. The third-order valence-electron chi connectivity index (χ3n) is 3.45. The lowest BCUT2D eigenvalue weighted by Gasteiger charge is -2.11. The van der Waals surface area contributed by atoms with E-state index < -0.39 is 5.82 Å². The molecule has 2 aromatic heterocycles. The van der Waals surface area contributed by atoms with Crippen molar-refractivity contribution in [3.63, 3.8) is 0 Å². The second-order valence-electron chi connectivity index (χ2n) is 5.44. The van der Waals surface area contributed by atoms with Gasteiger partial charge in [0.2, 0.25) is 5.69 Å². The molecule has 132 valence electrons. The van der Waals surface area contributed by atoms with Crippen LogP contribution in [-0.2, 0) is 0 Å². The topological polar surface area (TPSA) is 79.2 Å². The average Bonchev–Trinajstić information content (AvgIpc) is 3.05. The van der Waals surface area contributed by atoms with Gasteiger partial charge in [-0.05, 0) is 31.2 Å². The van der Waals surface area contributed by atoms with Gasteiger partial charge in [-0.15, -0.1) is 0 Å². The maximum absolute atomic E-state index is 13.5. The van der Waals surface area contributed by atoms with Crippen molar-refractivity contribution >= 4 is 23.1 Å². The summed E-state index contributed by atoms with van der Waals surface area (Å²) >= 11 is 0. The summed E-state index contributed by atoms with van der Waals surface area (Å²) in [6.07, 6.45) is 0. The number of aromatic nitrogens is 3. The predicted octanol–water partition coefficient (Wildman–Crippen LogP) is 4.04. The minimum Gasteiger partial charge on any atom is -0.489 e. The first-order valence-corrected chi connectivity index (χ1v) is 7.94. The smallest absolute Gasteiger partial charge is 0.228 e. The van der Waals surface area contributed by atoms with E-state index in [4.69, 9.17) is 11.3 Å². The molecule has 3 N–H and O–H groups in total. The van der Waals surface area contributed by atoms with Gasteiger partial charge in [0.1, 0.15) is 18.2 Å². The number of ether oxygens (including phenoxy) is 1. The summed E-state index contributed by atoms with van der Waals surface area (Å²) in [6.45, 7) is 9.75. The van der Waals surface area contributed by atoms with E-state index in [2.05, 4.69) is 30.7 Å². The highest BCUT2D eigenvalue weighted by Gasteiger charge is 2.07. The number of hydrogen-bond acceptors (Lipinski definition) is 5. The summed E-state index contributed by atoms with van der Waals surface area (Å²) < 4.78 is 18.9. The third kappa shape index (κ3) is 4.27. The summed E-state index contributed by atoms with van der Waals surface area (Å²) in [7, 11) is 0. The molecular formula is C18H17FN6O. The lowest BCUT2D eigenvalue weighted by atomic mass is 10.3. The first-order valence-electron chi connectivity index (χ1n) is 7.94. The molecule has 0 aliphatic heterocycles. The summed E-state index contributed by atoms with van der Waals surface area (Å²) in [4.78, 5) is 7.84. The SMILES string of the molecule is [C-]#[N+]c1ccc(Nc2cc(C)[nH]n2)nc1NCCOc1ccccc1F. The Kier molecular flexibility index (Phi) is 5.29. The van der Waals surface area contributed by atoms with Crippen molar-refractivity contribution < 1.29 is 9.13 Å². The molecule has 0 atom stereocenters. The number of H-pyrrole nitrogens is 1. The van der Waals surface area contributed by atoms with E-state index >= 15 is 0 Å². The van der Waals surface area contributed by atoms with Gasteiger partial charge in [0.15, 0.2) is 17.4 Å². The molecule has 8 heteroatoms. The summed E-state index contributed by atoms with van der Waals surface area (Å²) in [5.41, 5.74) is 1.31. The van der Waals surface area contributed by atoms with Gasteiger partial charge in [-0.3, -0.25) is 5.10 Å². The van der Waals surface area contributed by atoms with E-state index in [0.717, 1.165) is 5.69 Å². The number of aromatic amines is 1. The van der Waals surface area contributed by atoms with Crippen LogP contribution in [0.2, 0.25) is 0 Å². The van der Waals surface area contributed by atoms with Crippen LogP contribution in [0.4, 0.5) is 27.5 Å². The molecule has 3 rings (SSSR count). The van der Waals surface area contributed by atoms with Crippen molar-refractivity contribution in [1.29, 1.82) is 0 Å². The second kappa shape index (κ2) is 7.98. The molecule has 0 spiro atoms. The number of aryl methyl sites for hydroxylation is 1. The molecule has 0 fully saturated rings. The third-order valence-corrected chi connectivity index (χ3v) is 3.45. The Morgan fingerprint density at radius 3 is 2.81 bits per heavy atom. The Morgan fingerprint density at radius 1 is 1.23 bits per heavy atom. The molecule has 7 nitrogen and oxygen atoms in total. The molecule has 0 saturated carbocycles. The van der Waals surface area contributed by atoms with Gasteiger partial charge in [-0.2, -0.15) is 5.10 Å². The maximum Gasteiger partial charge on any atom is 0.228 e. The Morgan fingerprint density at radius 2 is 2.08 bits per heavy atom. The van der Waals surface area contributed by atoms with Crippen LogP contribution in [0.3, 0.4) is 0 Å². The number of hydrogen-bond donors (Lipinski definition) is 3. The summed E-state index contributed by atoms with van der Waals surface area (Å²) in [5.74, 6) is 1.40. The van der Waals surface area contributed by atoms with Crippen molar-refractivity contribution in [2.45, 2.75) is 6.92 Å². The molecule has 0 radical (unpaired) electrons. The highest BCUT2D eigenvalue weighted by atomic mass is 19.1. The van der Waals surface area contributed by atoms with Crippen LogP contribution in [-0.4, -0.2) is 28.3 Å². The number of halogens is 1. The number of benzene rings is 1. The highest BCUT2D eigenvalue weighted by Crippen LogP contribution is 2.26. The largest absolute Gasteiger partial charge is 0.489 e. The Labute approximate surface area is 150 Å². The zero-order valence-corrected chi connectivity index (χ0v) is 14.1. The first-order chi connectivity index (χ1) is 12.7. The lowest BCUT2D eigenvalue weighted by Crippen LogP contribution is -2.13. The van der Waals surface area contributed by atoms with Crippen LogP contribution in [0.5, 0.6) is 5.75 Å². The van der Waals surface area contributed by atoms with E-state index in [1.54, 1.807) is 30.3 Å². The molecular weight excluding hydrogens is 335 g/mol. The van der Waals surface area contributed by atoms with Crippen molar-refractivity contribution in [1.82, 2.24) is 15.2 Å². The second-order valence-corrected chi connectivity index (χ2v) is 5.44. The lowest BCUT2D eigenvalue weighted by molar-refractivity contribution is 0.315. The van der Waals surface area contributed by atoms with Crippen LogP contribution in [0, 0.1) is 19.3 Å². The van der Waals surface area contributed by atoms with Crippen molar-refractivity contribution in [3.8, 4) is 5.75 Å². The van der Waals surface area contributed by atoms with Crippen molar-refractivity contribution in [2.75, 3.05) is 23.8 Å². The van der Waals surface area contributed by atoms with E-state index in [-0.39, 0.29) is 12.4 Å². The minimum absolute atomic E-state index is 0.192. The van der Waals surface area contributed by atoms with E-state index in [1.165, 1.54) is 6.07 Å². The fraction of sp³-hybridized carbons (Fsp3) is 0.167. The number of anilines is 3. The zero-order valence-electron chi connectivity index (χ0n) is 14.1. The molecule has 3 aromatic rings. The number of para-hydroxylation sites is 1. The molecule has 2 heterocycles. The molecule has 0 bridgehead atoms. The molecule has 0 amide bonds. The number of nitrogens with one attached hydrogen (secondary N) is 3. The average molecular weight is 352 g/mol. The van der Waals surface area contributed by atoms with E-state index in [9.17, 15) is 4.39 Å². The van der Waals surface area contributed by atoms with Crippen LogP contribution in [0.1, 0.15) is 5.69 Å². The fourth-order valence-electron chi connectivity index (χ4n) is 2.25. The van der Waals surface area contributed by atoms with E-state index in [0.29, 0.717) is 29.7 Å². The van der Waals surface area contributed by atoms with Gasteiger partial charge in [0.05, 0.1) is 6.57 Å². The van der Waals surface area contributed by atoms with Crippen molar-refractivity contribution in [3.05, 3.63) is 65.4 Å². The molecule has 0 saturated heterocycles. The first kappa shape index (κ1) is 17.2. The minimum atomic E-state index is -0.409. The normalized spacial score (nSPS) is 10.2. The van der Waals surface area contributed by atoms with Gasteiger partial charge in [0.25, 0.3) is 0 Å². The highest BCUT2D eigenvalue weighted by molar-refractivity contribution is 5.69. The zero-order chi connectivity index (χ0) is 18.4. The van der Waals surface area contributed by atoms with Crippen LogP contribution < -0.4 is 15.4 Å². The molecule has 0 unspecified atom stereocenters. The molecule has 26 heavy (non-hydrogen) atoms. The number of rotatable bonds is 7. The Balaban J connectivity index is 1.61. The molecule has 1 aromatic carbocycles. The van der Waals surface area contributed by atoms with Crippen molar-refractivity contribution in [2.24, 2.45) is 0 Å². The van der Waals surface area contributed by atoms with Gasteiger partial charge < -0.3 is 15.4 Å². The van der Waals surface area contributed by atoms with Crippen LogP contribution in [0.15, 0.2) is 42.5 Å². The van der Waals surface area contributed by atoms with Crippen LogP contribution >= 0.6 is 0 Å². The fourth-order valence-corrected chi connectivity index (χ4v) is 2.25. The summed E-state index contributed by atoms with van der Waals surface area (Å²) in [5, 5.41) is 13.0. The van der Waals surface area contributed by atoms with Gasteiger partial charge in [-0.25, -0.2) is 14.2 Å². The van der Waals surface area contributed by atoms with Gasteiger partial charge in [-0.1, -0.05) is 12.1 Å². The quantitative estimate of drug-likeness (QED) is 0.442. The standard InChI is InChI=1S/C18H17FN6O/c1-12-11-17(25-24-12)22-16-8-7-14(20-2)18(23-16)21-9-10-26-15-6-4-3-5-13(15)19/h3-8,11H,9-10H2,1H3,(H3,21,22,23,24,25).